The molecule has 0 saturated heterocycles. The summed E-state index contributed by atoms with van der Waals surface area (Å²) in [6, 6.07) is 44.3. The number of aryl methyl sites for hydroxylation is 2. The highest BCUT2D eigenvalue weighted by Gasteiger charge is 2.21. The van der Waals surface area contributed by atoms with Gasteiger partial charge < -0.3 is 4.74 Å². The summed E-state index contributed by atoms with van der Waals surface area (Å²) in [5.74, 6) is 0.392. The third-order valence-corrected chi connectivity index (χ3v) is 14.9. The molecule has 0 amide bonds. The number of ketones is 1. The first kappa shape index (κ1) is 63.2. The number of fused-ring (bicyclic) bond motifs is 2. The minimum atomic E-state index is -0.361. The summed E-state index contributed by atoms with van der Waals surface area (Å²) in [6.45, 7) is 37.0. The Bertz CT molecular complexity index is 3150. The van der Waals surface area contributed by atoms with Crippen LogP contribution in [0.4, 0.5) is 0 Å². The van der Waals surface area contributed by atoms with Crippen molar-refractivity contribution in [1.29, 1.82) is 0 Å². The van der Waals surface area contributed by atoms with E-state index in [4.69, 9.17) is 36.7 Å². The Labute approximate surface area is 489 Å². The summed E-state index contributed by atoms with van der Waals surface area (Å²) < 4.78 is 5.07. The Morgan fingerprint density at radius 2 is 0.679 bits per heavy atom. The lowest BCUT2D eigenvalue weighted by molar-refractivity contribution is -0.137. The van der Waals surface area contributed by atoms with E-state index < -0.39 is 0 Å². The molecule has 6 aromatic carbocycles. The first-order valence-corrected chi connectivity index (χ1v) is 29.5. The Kier molecular flexibility index (Phi) is 22.0. The number of aromatic nitrogens is 6. The van der Waals surface area contributed by atoms with Gasteiger partial charge in [0.1, 0.15) is 22.1 Å². The maximum absolute atomic E-state index is 11.2. The number of halogens is 1. The number of hydrogen-bond acceptors (Lipinski definition) is 7. The topological polar surface area (TPSA) is 105 Å². The molecule has 0 spiro atoms. The minimum absolute atomic E-state index is 0.0185. The van der Waals surface area contributed by atoms with Crippen molar-refractivity contribution in [3.8, 4) is 44.5 Å². The molecule has 0 atom stereocenters. The van der Waals surface area contributed by atoms with E-state index in [2.05, 4.69) is 218 Å². The second kappa shape index (κ2) is 28.1. The Hall–Kier alpha value is -6.97. The first-order valence-electron chi connectivity index (χ1n) is 29.0. The van der Waals surface area contributed by atoms with Gasteiger partial charge in [-0.25, -0.2) is 4.79 Å². The molecule has 0 saturated carbocycles. The number of rotatable bonds is 19. The number of carbonyl (C=O) groups is 2. The van der Waals surface area contributed by atoms with E-state index in [1.807, 2.05) is 9.59 Å². The zero-order valence-corrected chi connectivity index (χ0v) is 51.6. The monoisotopic (exact) mass is 1110 g/mol. The SMILES string of the molecule is C=CC(=O)OCCCCCCn1nc2c(-c3ccc(C(C)(C)C)cc3)ccc(-c3ccc(C(C)(C)C)cc3)c2n1.C=CC(C)=O.CC(C)(C)c1ccc(-c2ccc(-c3ccc(C(C)(C)C)cc3)c3nn(CCCCCCCl)nc23)cc1. The molecule has 10 heteroatoms. The molecule has 0 aliphatic heterocycles. The predicted molar refractivity (Wildman–Crippen MR) is 341 cm³/mol. The van der Waals surface area contributed by atoms with Crippen molar-refractivity contribution in [3.63, 3.8) is 0 Å². The van der Waals surface area contributed by atoms with E-state index >= 15 is 0 Å². The van der Waals surface area contributed by atoms with Gasteiger partial charge >= 0.3 is 5.97 Å². The van der Waals surface area contributed by atoms with Crippen LogP contribution in [0.15, 0.2) is 147 Å². The second-order valence-corrected chi connectivity index (χ2v) is 25.7. The van der Waals surface area contributed by atoms with Crippen LogP contribution in [-0.4, -0.2) is 54.2 Å². The normalized spacial score (nSPS) is 11.9. The summed E-state index contributed by atoms with van der Waals surface area (Å²) in [5, 5.41) is 20.0. The van der Waals surface area contributed by atoms with Gasteiger partial charge in [0, 0.05) is 34.2 Å². The molecule has 0 aliphatic rings. The van der Waals surface area contributed by atoms with Crippen LogP contribution in [0.3, 0.4) is 0 Å². The molecule has 0 aliphatic carbocycles. The van der Waals surface area contributed by atoms with Crippen LogP contribution in [0.2, 0.25) is 0 Å². The predicted octanol–water partition coefficient (Wildman–Crippen LogP) is 18.6. The summed E-state index contributed by atoms with van der Waals surface area (Å²) >= 11 is 5.84. The van der Waals surface area contributed by atoms with Crippen LogP contribution in [0, 0.1) is 0 Å². The lowest BCUT2D eigenvalue weighted by Crippen LogP contribution is -2.10. The van der Waals surface area contributed by atoms with E-state index in [-0.39, 0.29) is 33.4 Å². The maximum Gasteiger partial charge on any atom is 0.330 e. The number of allylic oxidation sites excluding steroid dienone is 1. The molecule has 0 N–H and O–H groups in total. The molecule has 428 valence electrons. The Morgan fingerprint density at radius 1 is 0.420 bits per heavy atom. The van der Waals surface area contributed by atoms with Gasteiger partial charge in [-0.3, -0.25) is 4.79 Å². The van der Waals surface area contributed by atoms with E-state index in [1.165, 1.54) is 52.5 Å². The highest BCUT2D eigenvalue weighted by Crippen LogP contribution is 2.38. The third kappa shape index (κ3) is 17.8. The number of esters is 1. The maximum atomic E-state index is 11.2. The summed E-state index contributed by atoms with van der Waals surface area (Å²) in [6.07, 6.45) is 10.7. The van der Waals surface area contributed by atoms with Crippen LogP contribution in [0.1, 0.15) is 164 Å². The van der Waals surface area contributed by atoms with Crippen LogP contribution in [0.5, 0.6) is 0 Å². The number of unbranched alkanes of at least 4 members (excludes halogenated alkanes) is 6. The Morgan fingerprint density at radius 3 is 0.914 bits per heavy atom. The van der Waals surface area contributed by atoms with Gasteiger partial charge in [0.05, 0.1) is 19.7 Å². The number of alkyl halides is 1. The van der Waals surface area contributed by atoms with Gasteiger partial charge in [-0.1, -0.05) is 237 Å². The molecule has 8 rings (SSSR count). The smallest absolute Gasteiger partial charge is 0.330 e. The van der Waals surface area contributed by atoms with Gasteiger partial charge in [-0.15, -0.1) is 11.6 Å². The standard InChI is InChI=1S/C35H43N3O2.C32H40ClN3.C4H6O/c1-8-31(39)40-24-12-10-9-11-23-38-36-32-29(25-13-17-27(18-14-25)34(2,3)4)21-22-30(33(32)37-38)26-15-19-28(20-16-26)35(5,6)7;1-31(2,3)25-15-11-23(12-16-25)27-19-20-28(24-13-17-26(18-14-24)32(4,5)6)30-29(27)34-36(35-30)22-10-8-7-9-21-33;1-3-4(2)5/h8,13-22H,1,9-12,23-24H2,2-7H3;11-20H,7-10,21-22H2,1-6H3;3H,1H2,2H3. The Balaban J connectivity index is 0.000000242. The van der Waals surface area contributed by atoms with Gasteiger partial charge in [0.15, 0.2) is 5.78 Å². The van der Waals surface area contributed by atoms with Gasteiger partial charge in [0.25, 0.3) is 0 Å². The lowest BCUT2D eigenvalue weighted by Gasteiger charge is -2.19. The number of nitrogens with zero attached hydrogens (tertiary/aromatic N) is 6. The fraction of sp³-hybridized carbons (Fsp3) is 0.408. The van der Waals surface area contributed by atoms with Gasteiger partial charge in [0.2, 0.25) is 0 Å². The van der Waals surface area contributed by atoms with E-state index in [1.54, 1.807) is 0 Å². The number of carbonyl (C=O) groups excluding carboxylic acids is 2. The van der Waals surface area contributed by atoms with E-state index in [0.29, 0.717) is 6.61 Å². The van der Waals surface area contributed by atoms with Crippen LogP contribution in [0.25, 0.3) is 66.6 Å². The quantitative estimate of drug-likeness (QED) is 0.0344. The van der Waals surface area contributed by atoms with Gasteiger partial charge in [-0.2, -0.15) is 30.0 Å². The first-order chi connectivity index (χ1) is 38.3. The van der Waals surface area contributed by atoms with Crippen molar-refractivity contribution in [2.75, 3.05) is 12.5 Å². The highest BCUT2D eigenvalue weighted by molar-refractivity contribution is 6.17. The second-order valence-electron chi connectivity index (χ2n) is 25.3. The summed E-state index contributed by atoms with van der Waals surface area (Å²) in [7, 11) is 0. The van der Waals surface area contributed by atoms with Crippen LogP contribution >= 0.6 is 11.6 Å². The minimum Gasteiger partial charge on any atom is -0.463 e. The molecule has 2 heterocycles. The van der Waals surface area contributed by atoms with Gasteiger partial charge in [-0.05, 0) is 111 Å². The molecule has 0 radical (unpaired) electrons. The molecular weight excluding hydrogens is 1020 g/mol. The van der Waals surface area contributed by atoms with Crippen molar-refractivity contribution in [3.05, 3.63) is 169 Å². The van der Waals surface area contributed by atoms with E-state index in [0.717, 1.165) is 126 Å². The van der Waals surface area contributed by atoms with E-state index in [9.17, 15) is 9.59 Å². The highest BCUT2D eigenvalue weighted by atomic mass is 35.5. The largest absolute Gasteiger partial charge is 0.463 e. The molecule has 81 heavy (non-hydrogen) atoms. The molecule has 9 nitrogen and oxygen atoms in total. The van der Waals surface area contributed by atoms with Crippen molar-refractivity contribution in [2.45, 2.75) is 176 Å². The molecule has 0 bridgehead atoms. The van der Waals surface area contributed by atoms with Crippen molar-refractivity contribution < 1.29 is 14.3 Å². The van der Waals surface area contributed by atoms with Crippen molar-refractivity contribution >= 4 is 45.4 Å². The fourth-order valence-corrected chi connectivity index (χ4v) is 9.63. The van der Waals surface area contributed by atoms with Crippen LogP contribution < -0.4 is 0 Å². The molecule has 8 aromatic rings. The lowest BCUT2D eigenvalue weighted by atomic mass is 9.85. The van der Waals surface area contributed by atoms with Crippen LogP contribution in [-0.2, 0) is 49.1 Å². The zero-order valence-electron chi connectivity index (χ0n) is 50.9. The number of ether oxygens (including phenoxy) is 1. The number of benzene rings is 6. The average Bonchev–Trinajstić information content (AvgIpc) is 4.10. The number of hydrogen-bond donors (Lipinski definition) is 0. The molecule has 0 fully saturated rings. The van der Waals surface area contributed by atoms with Crippen molar-refractivity contribution in [2.24, 2.45) is 0 Å². The molecule has 2 aromatic heterocycles. The average molecular weight is 1110 g/mol. The summed E-state index contributed by atoms with van der Waals surface area (Å²) in [5.41, 5.74) is 18.7. The third-order valence-electron chi connectivity index (χ3n) is 14.6. The zero-order chi connectivity index (χ0) is 59.1. The molecular formula is C71H89ClN6O3. The fourth-order valence-electron chi connectivity index (χ4n) is 9.44. The molecule has 0 unspecified atom stereocenters. The summed E-state index contributed by atoms with van der Waals surface area (Å²) in [4.78, 5) is 24.6. The van der Waals surface area contributed by atoms with Crippen molar-refractivity contribution in [1.82, 2.24) is 30.0 Å².